The molecule has 0 unspecified atom stereocenters. The Morgan fingerprint density at radius 1 is 1.29 bits per heavy atom. The van der Waals surface area contributed by atoms with Crippen LogP contribution in [0.25, 0.3) is 5.69 Å². The number of alkyl halides is 3. The summed E-state index contributed by atoms with van der Waals surface area (Å²) in [6.07, 6.45) is -4.88. The molecule has 0 fully saturated rings. The lowest BCUT2D eigenvalue weighted by molar-refractivity contribution is -0.384. The van der Waals surface area contributed by atoms with Gasteiger partial charge < -0.3 is 0 Å². The molecule has 2 aromatic rings. The van der Waals surface area contributed by atoms with Gasteiger partial charge in [0, 0.05) is 12.1 Å². The number of nitro benzene ring substituents is 1. The van der Waals surface area contributed by atoms with Gasteiger partial charge in [-0.25, -0.2) is 4.68 Å². The van der Waals surface area contributed by atoms with Crippen LogP contribution in [0.1, 0.15) is 16.1 Å². The maximum absolute atomic E-state index is 12.7. The van der Waals surface area contributed by atoms with E-state index in [0.29, 0.717) is 4.68 Å². The van der Waals surface area contributed by atoms with Crippen LogP contribution in [0.5, 0.6) is 0 Å². The Labute approximate surface area is 119 Å². The summed E-state index contributed by atoms with van der Waals surface area (Å²) in [4.78, 5) is 20.6. The first kappa shape index (κ1) is 15.0. The van der Waals surface area contributed by atoms with Crippen LogP contribution in [-0.2, 0) is 6.18 Å². The number of aldehydes is 1. The standard InChI is InChI=1S/C11H5ClF3N3O3/c12-10-8(5-19)9(11(13,14)15)16-17(10)6-1-3-7(4-2-6)18(20)21/h1-5H. The van der Waals surface area contributed by atoms with Crippen LogP contribution in [0, 0.1) is 10.1 Å². The molecule has 21 heavy (non-hydrogen) atoms. The maximum Gasteiger partial charge on any atom is 0.435 e. The summed E-state index contributed by atoms with van der Waals surface area (Å²) < 4.78 is 38.9. The van der Waals surface area contributed by atoms with Crippen molar-refractivity contribution in [1.82, 2.24) is 9.78 Å². The Kier molecular flexibility index (Phi) is 3.69. The Morgan fingerprint density at radius 2 is 1.86 bits per heavy atom. The van der Waals surface area contributed by atoms with Crippen molar-refractivity contribution < 1.29 is 22.9 Å². The number of carbonyl (C=O) groups excluding carboxylic acids is 1. The fourth-order valence-corrected chi connectivity index (χ4v) is 1.88. The molecule has 1 aromatic carbocycles. The average Bonchev–Trinajstić information content (AvgIpc) is 2.75. The minimum Gasteiger partial charge on any atom is -0.298 e. The van der Waals surface area contributed by atoms with Gasteiger partial charge in [-0.1, -0.05) is 11.6 Å². The number of benzene rings is 1. The van der Waals surface area contributed by atoms with Crippen LogP contribution in [0.4, 0.5) is 18.9 Å². The monoisotopic (exact) mass is 319 g/mol. The first-order valence-corrected chi connectivity index (χ1v) is 5.69. The van der Waals surface area contributed by atoms with Gasteiger partial charge in [-0.2, -0.15) is 18.3 Å². The summed E-state index contributed by atoms with van der Waals surface area (Å²) in [6, 6.07) is 4.51. The average molecular weight is 320 g/mol. The van der Waals surface area contributed by atoms with Crippen LogP contribution in [0.2, 0.25) is 5.15 Å². The zero-order valence-corrected chi connectivity index (χ0v) is 10.7. The number of rotatable bonds is 3. The zero-order valence-electron chi connectivity index (χ0n) is 9.96. The van der Waals surface area contributed by atoms with Crippen LogP contribution >= 0.6 is 11.6 Å². The Bertz CT molecular complexity index is 710. The molecular formula is C11H5ClF3N3O3. The minimum atomic E-state index is -4.84. The van der Waals surface area contributed by atoms with Crippen molar-refractivity contribution in [2.24, 2.45) is 0 Å². The molecule has 6 nitrogen and oxygen atoms in total. The van der Waals surface area contributed by atoms with Gasteiger partial charge in [0.05, 0.1) is 16.2 Å². The molecule has 0 atom stereocenters. The fourth-order valence-electron chi connectivity index (χ4n) is 1.61. The molecule has 10 heteroatoms. The van der Waals surface area contributed by atoms with E-state index in [1.807, 2.05) is 0 Å². The van der Waals surface area contributed by atoms with Gasteiger partial charge in [0.1, 0.15) is 5.15 Å². The van der Waals surface area contributed by atoms with E-state index in [0.717, 1.165) is 12.1 Å². The predicted molar refractivity (Wildman–Crippen MR) is 65.6 cm³/mol. The van der Waals surface area contributed by atoms with Gasteiger partial charge in [-0.3, -0.25) is 14.9 Å². The third kappa shape index (κ3) is 2.72. The molecule has 1 heterocycles. The van der Waals surface area contributed by atoms with Crippen LogP contribution in [0.3, 0.4) is 0 Å². The summed E-state index contributed by atoms with van der Waals surface area (Å²) in [5, 5.41) is 13.2. The zero-order chi connectivity index (χ0) is 15.8. The second-order valence-corrected chi connectivity index (χ2v) is 4.21. The number of nitrogens with zero attached hydrogens (tertiary/aromatic N) is 3. The van der Waals surface area contributed by atoms with E-state index in [-0.39, 0.29) is 17.7 Å². The smallest absolute Gasteiger partial charge is 0.298 e. The van der Waals surface area contributed by atoms with E-state index in [1.165, 1.54) is 12.1 Å². The van der Waals surface area contributed by atoms with E-state index in [2.05, 4.69) is 5.10 Å². The van der Waals surface area contributed by atoms with Gasteiger partial charge in [-0.05, 0) is 12.1 Å². The van der Waals surface area contributed by atoms with Crippen molar-refractivity contribution in [3.63, 3.8) is 0 Å². The third-order valence-corrected chi connectivity index (χ3v) is 2.92. The van der Waals surface area contributed by atoms with Gasteiger partial charge in [0.2, 0.25) is 0 Å². The number of hydrogen-bond acceptors (Lipinski definition) is 4. The van der Waals surface area contributed by atoms with Gasteiger partial charge in [0.15, 0.2) is 12.0 Å². The van der Waals surface area contributed by atoms with Gasteiger partial charge in [-0.15, -0.1) is 0 Å². The molecule has 0 aliphatic rings. The van der Waals surface area contributed by atoms with Crippen molar-refractivity contribution in [1.29, 1.82) is 0 Å². The summed E-state index contributed by atoms with van der Waals surface area (Å²) in [5.74, 6) is 0. The van der Waals surface area contributed by atoms with Crippen molar-refractivity contribution in [2.75, 3.05) is 0 Å². The highest BCUT2D eigenvalue weighted by atomic mass is 35.5. The first-order chi connectivity index (χ1) is 9.75. The quantitative estimate of drug-likeness (QED) is 0.494. The number of aromatic nitrogens is 2. The molecule has 0 saturated carbocycles. The van der Waals surface area contributed by atoms with E-state index in [4.69, 9.17) is 11.6 Å². The van der Waals surface area contributed by atoms with Gasteiger partial charge in [0.25, 0.3) is 5.69 Å². The molecule has 0 aliphatic carbocycles. The Hall–Kier alpha value is -2.42. The number of non-ortho nitro benzene ring substituents is 1. The molecule has 0 spiro atoms. The number of carbonyl (C=O) groups is 1. The minimum absolute atomic E-state index is 0.0416. The lowest BCUT2D eigenvalue weighted by Crippen LogP contribution is -2.09. The van der Waals surface area contributed by atoms with Crippen LogP contribution in [-0.4, -0.2) is 21.0 Å². The van der Waals surface area contributed by atoms with E-state index >= 15 is 0 Å². The van der Waals surface area contributed by atoms with E-state index in [1.54, 1.807) is 0 Å². The second kappa shape index (κ2) is 5.17. The number of halogens is 4. The molecular weight excluding hydrogens is 315 g/mol. The summed E-state index contributed by atoms with van der Waals surface area (Å²) >= 11 is 5.71. The molecule has 0 bridgehead atoms. The van der Waals surface area contributed by atoms with E-state index in [9.17, 15) is 28.1 Å². The summed E-state index contributed by atoms with van der Waals surface area (Å²) in [7, 11) is 0. The van der Waals surface area contributed by atoms with Crippen LogP contribution in [0.15, 0.2) is 24.3 Å². The van der Waals surface area contributed by atoms with E-state index < -0.39 is 27.5 Å². The molecule has 2 rings (SSSR count). The molecule has 110 valence electrons. The summed E-state index contributed by atoms with van der Waals surface area (Å²) in [5.41, 5.74) is -2.39. The third-order valence-electron chi connectivity index (χ3n) is 2.55. The number of nitro groups is 1. The summed E-state index contributed by atoms with van der Waals surface area (Å²) in [6.45, 7) is 0. The normalized spacial score (nSPS) is 11.4. The van der Waals surface area contributed by atoms with Crippen molar-refractivity contribution >= 4 is 23.6 Å². The largest absolute Gasteiger partial charge is 0.435 e. The maximum atomic E-state index is 12.7. The fraction of sp³-hybridized carbons (Fsp3) is 0.0909. The lowest BCUT2D eigenvalue weighted by atomic mass is 10.2. The Morgan fingerprint density at radius 3 is 2.24 bits per heavy atom. The van der Waals surface area contributed by atoms with Crippen molar-refractivity contribution in [2.45, 2.75) is 6.18 Å². The molecule has 0 radical (unpaired) electrons. The molecule has 0 aliphatic heterocycles. The molecule has 0 amide bonds. The highest BCUT2D eigenvalue weighted by molar-refractivity contribution is 6.32. The molecule has 0 saturated heterocycles. The second-order valence-electron chi connectivity index (χ2n) is 3.85. The Balaban J connectivity index is 2.57. The topological polar surface area (TPSA) is 78.0 Å². The van der Waals surface area contributed by atoms with Gasteiger partial charge >= 0.3 is 6.18 Å². The molecule has 0 N–H and O–H groups in total. The SMILES string of the molecule is O=Cc1c(C(F)(F)F)nn(-c2ccc([N+](=O)[O-])cc2)c1Cl. The lowest BCUT2D eigenvalue weighted by Gasteiger charge is -2.03. The van der Waals surface area contributed by atoms with Crippen LogP contribution < -0.4 is 0 Å². The highest BCUT2D eigenvalue weighted by Gasteiger charge is 2.39. The number of hydrogen-bond donors (Lipinski definition) is 0. The predicted octanol–water partition coefficient (Wildman–Crippen LogP) is 3.27. The van der Waals surface area contributed by atoms with Crippen molar-refractivity contribution in [3.8, 4) is 5.69 Å². The molecule has 1 aromatic heterocycles. The van der Waals surface area contributed by atoms with Crippen molar-refractivity contribution in [3.05, 3.63) is 50.8 Å². The first-order valence-electron chi connectivity index (χ1n) is 5.31. The highest BCUT2D eigenvalue weighted by Crippen LogP contribution is 2.34.